The highest BCUT2D eigenvalue weighted by atomic mass is 16.5. The minimum atomic E-state index is -0.412. The Balaban J connectivity index is 3.66. The lowest BCUT2D eigenvalue weighted by atomic mass is 10.4. The summed E-state index contributed by atoms with van der Waals surface area (Å²) in [4.78, 5) is 10.9. The van der Waals surface area contributed by atoms with Crippen LogP contribution in [0, 0.1) is 0 Å². The smallest absolute Gasteiger partial charge is 0.332 e. The number of carbonyl (C=O) groups excluding carboxylic acids is 1. The third-order valence-electron chi connectivity index (χ3n) is 1.11. The molecule has 0 aromatic rings. The molecule has 0 aliphatic carbocycles. The zero-order valence-electron chi connectivity index (χ0n) is 7.99. The van der Waals surface area contributed by atoms with Crippen molar-refractivity contribution < 1.29 is 9.53 Å². The number of allylic oxidation sites excluding steroid dienone is 4. The summed E-state index contributed by atoms with van der Waals surface area (Å²) in [5, 5.41) is 0. The fourth-order valence-corrected chi connectivity index (χ4v) is 0.603. The summed E-state index contributed by atoms with van der Waals surface area (Å²) >= 11 is 0. The Morgan fingerprint density at radius 3 is 2.69 bits per heavy atom. The third-order valence-corrected chi connectivity index (χ3v) is 1.11. The van der Waals surface area contributed by atoms with Crippen molar-refractivity contribution in [3.8, 4) is 0 Å². The van der Waals surface area contributed by atoms with Crippen LogP contribution in [0.1, 0.15) is 13.8 Å². The Morgan fingerprint density at radius 2 is 2.15 bits per heavy atom. The average molecular weight is 181 g/mol. The summed E-state index contributed by atoms with van der Waals surface area (Å²) in [7, 11) is 0. The van der Waals surface area contributed by atoms with Gasteiger partial charge in [0.25, 0.3) is 0 Å². The zero-order valence-corrected chi connectivity index (χ0v) is 7.99. The molecule has 0 aliphatic heterocycles. The predicted octanol–water partition coefficient (Wildman–Crippen LogP) is 1.52. The Labute approximate surface area is 78.6 Å². The molecule has 0 radical (unpaired) electrons. The molecule has 0 atom stereocenters. The SMILES string of the molecule is CC=CC=CCOC(=O)/C=C(/C)N. The number of carbonyl (C=O) groups is 1. The molecule has 3 heteroatoms. The first-order valence-electron chi connectivity index (χ1n) is 4.05. The van der Waals surface area contributed by atoms with Crippen molar-refractivity contribution in [2.45, 2.75) is 13.8 Å². The molecule has 0 fully saturated rings. The molecule has 2 N–H and O–H groups in total. The van der Waals surface area contributed by atoms with E-state index < -0.39 is 5.97 Å². The Hall–Kier alpha value is -1.51. The van der Waals surface area contributed by atoms with Crippen LogP contribution in [0.2, 0.25) is 0 Å². The molecule has 3 nitrogen and oxygen atoms in total. The zero-order chi connectivity index (χ0) is 10.1. The first kappa shape index (κ1) is 11.5. The van der Waals surface area contributed by atoms with Gasteiger partial charge in [0.2, 0.25) is 0 Å². The highest BCUT2D eigenvalue weighted by molar-refractivity contribution is 5.82. The topological polar surface area (TPSA) is 52.3 Å². The van der Waals surface area contributed by atoms with E-state index in [1.165, 1.54) is 6.08 Å². The van der Waals surface area contributed by atoms with Gasteiger partial charge in [-0.2, -0.15) is 0 Å². The van der Waals surface area contributed by atoms with E-state index in [9.17, 15) is 4.79 Å². The van der Waals surface area contributed by atoms with Crippen LogP contribution in [0.5, 0.6) is 0 Å². The van der Waals surface area contributed by atoms with Gasteiger partial charge >= 0.3 is 5.97 Å². The quantitative estimate of drug-likeness (QED) is 0.406. The maximum absolute atomic E-state index is 10.9. The van der Waals surface area contributed by atoms with Crippen molar-refractivity contribution >= 4 is 5.97 Å². The third kappa shape index (κ3) is 8.40. The Kier molecular flexibility index (Phi) is 6.32. The summed E-state index contributed by atoms with van der Waals surface area (Å²) in [5.74, 6) is -0.412. The highest BCUT2D eigenvalue weighted by Crippen LogP contribution is 1.86. The van der Waals surface area contributed by atoms with E-state index in [1.807, 2.05) is 25.2 Å². The molecule has 0 aromatic heterocycles. The van der Waals surface area contributed by atoms with E-state index in [0.29, 0.717) is 5.70 Å². The lowest BCUT2D eigenvalue weighted by molar-refractivity contribution is -0.136. The standard InChI is InChI=1S/C10H15NO2/c1-3-4-5-6-7-13-10(12)8-9(2)11/h3-6,8H,7,11H2,1-2H3/b4-3?,6-5?,9-8-. The molecule has 0 saturated heterocycles. The second kappa shape index (κ2) is 7.16. The summed E-state index contributed by atoms with van der Waals surface area (Å²) in [6.45, 7) is 3.82. The molecule has 0 rings (SSSR count). The van der Waals surface area contributed by atoms with E-state index >= 15 is 0 Å². The number of hydrogen-bond donors (Lipinski definition) is 1. The molecule has 0 heterocycles. The Bertz CT molecular complexity index is 235. The monoisotopic (exact) mass is 181 g/mol. The fourth-order valence-electron chi connectivity index (χ4n) is 0.603. The molecular formula is C10H15NO2. The van der Waals surface area contributed by atoms with Crippen LogP contribution < -0.4 is 5.73 Å². The largest absolute Gasteiger partial charge is 0.458 e. The minimum absolute atomic E-state index is 0.271. The predicted molar refractivity (Wildman–Crippen MR) is 52.9 cm³/mol. The van der Waals surface area contributed by atoms with Gasteiger partial charge in [-0.1, -0.05) is 18.2 Å². The van der Waals surface area contributed by atoms with E-state index in [-0.39, 0.29) is 6.61 Å². The van der Waals surface area contributed by atoms with Crippen LogP contribution in [0.3, 0.4) is 0 Å². The highest BCUT2D eigenvalue weighted by Gasteiger charge is 1.94. The van der Waals surface area contributed by atoms with Crippen molar-refractivity contribution in [3.63, 3.8) is 0 Å². The molecule has 0 unspecified atom stereocenters. The van der Waals surface area contributed by atoms with Crippen LogP contribution in [0.4, 0.5) is 0 Å². The molecular weight excluding hydrogens is 166 g/mol. The number of rotatable bonds is 4. The second-order valence-electron chi connectivity index (χ2n) is 2.47. The molecule has 0 aliphatic rings. The van der Waals surface area contributed by atoms with Crippen LogP contribution >= 0.6 is 0 Å². The lowest BCUT2D eigenvalue weighted by Crippen LogP contribution is -2.03. The van der Waals surface area contributed by atoms with Gasteiger partial charge in [-0.15, -0.1) is 0 Å². The van der Waals surface area contributed by atoms with Gasteiger partial charge in [-0.25, -0.2) is 4.79 Å². The van der Waals surface area contributed by atoms with E-state index in [0.717, 1.165) is 0 Å². The molecule has 0 bridgehead atoms. The molecule has 72 valence electrons. The van der Waals surface area contributed by atoms with Gasteiger partial charge < -0.3 is 10.5 Å². The average Bonchev–Trinajstić information content (AvgIpc) is 2.02. The fraction of sp³-hybridized carbons (Fsp3) is 0.300. The van der Waals surface area contributed by atoms with E-state index in [2.05, 4.69) is 0 Å². The van der Waals surface area contributed by atoms with E-state index in [4.69, 9.17) is 10.5 Å². The molecule has 0 aromatic carbocycles. The van der Waals surface area contributed by atoms with Gasteiger partial charge in [0.15, 0.2) is 0 Å². The number of ether oxygens (including phenoxy) is 1. The van der Waals surface area contributed by atoms with Crippen molar-refractivity contribution in [1.29, 1.82) is 0 Å². The van der Waals surface area contributed by atoms with E-state index in [1.54, 1.807) is 13.0 Å². The van der Waals surface area contributed by atoms with Crippen molar-refractivity contribution in [2.24, 2.45) is 5.73 Å². The van der Waals surface area contributed by atoms with Crippen LogP contribution in [-0.4, -0.2) is 12.6 Å². The summed E-state index contributed by atoms with van der Waals surface area (Å²) < 4.78 is 4.78. The van der Waals surface area contributed by atoms with Gasteiger partial charge in [-0.05, 0) is 19.9 Å². The first-order valence-corrected chi connectivity index (χ1v) is 4.05. The van der Waals surface area contributed by atoms with Crippen LogP contribution in [0.25, 0.3) is 0 Å². The lowest BCUT2D eigenvalue weighted by Gasteiger charge is -1.96. The van der Waals surface area contributed by atoms with Crippen LogP contribution in [0.15, 0.2) is 36.1 Å². The van der Waals surface area contributed by atoms with Crippen LogP contribution in [-0.2, 0) is 9.53 Å². The Morgan fingerprint density at radius 1 is 1.46 bits per heavy atom. The van der Waals surface area contributed by atoms with Gasteiger partial charge in [-0.3, -0.25) is 0 Å². The minimum Gasteiger partial charge on any atom is -0.458 e. The molecule has 13 heavy (non-hydrogen) atoms. The van der Waals surface area contributed by atoms with Crippen molar-refractivity contribution in [3.05, 3.63) is 36.1 Å². The first-order chi connectivity index (χ1) is 6.16. The summed E-state index contributed by atoms with van der Waals surface area (Å²) in [6, 6.07) is 0. The van der Waals surface area contributed by atoms with Crippen molar-refractivity contribution in [2.75, 3.05) is 6.61 Å². The molecule has 0 saturated carbocycles. The number of esters is 1. The number of hydrogen-bond acceptors (Lipinski definition) is 3. The van der Waals surface area contributed by atoms with Crippen molar-refractivity contribution in [1.82, 2.24) is 0 Å². The second-order valence-corrected chi connectivity index (χ2v) is 2.47. The maximum Gasteiger partial charge on any atom is 0.332 e. The van der Waals surface area contributed by atoms with Gasteiger partial charge in [0.05, 0.1) is 0 Å². The number of nitrogens with two attached hydrogens (primary N) is 1. The molecule has 0 spiro atoms. The maximum atomic E-state index is 10.9. The normalized spacial score (nSPS) is 12.6. The summed E-state index contributed by atoms with van der Waals surface area (Å²) in [5.41, 5.74) is 5.72. The molecule has 0 amide bonds. The summed E-state index contributed by atoms with van der Waals surface area (Å²) in [6.07, 6.45) is 8.56. The van der Waals surface area contributed by atoms with Gasteiger partial charge in [0.1, 0.15) is 6.61 Å². The van der Waals surface area contributed by atoms with Gasteiger partial charge in [0, 0.05) is 11.8 Å².